The topological polar surface area (TPSA) is 99.3 Å². The SMILES string of the molecule is CC1=C(C)[C@H]2[C@H](Cc3c[nH]c4ccccc34)NC(=O)[C@]23C(=O)CCC(=O)C[C@@H](C)C/C=C/[C@H]3[C@@H]1O. The van der Waals surface area contributed by atoms with Gasteiger partial charge < -0.3 is 15.4 Å². The van der Waals surface area contributed by atoms with Crippen molar-refractivity contribution in [2.24, 2.45) is 23.2 Å². The van der Waals surface area contributed by atoms with Gasteiger partial charge in [0.1, 0.15) is 17.0 Å². The van der Waals surface area contributed by atoms with Crippen LogP contribution in [0.1, 0.15) is 52.0 Å². The predicted molar refractivity (Wildman–Crippen MR) is 135 cm³/mol. The van der Waals surface area contributed by atoms with Crippen molar-refractivity contribution < 1.29 is 19.5 Å². The highest BCUT2D eigenvalue weighted by Crippen LogP contribution is 2.55. The molecule has 0 bridgehead atoms. The van der Waals surface area contributed by atoms with E-state index in [9.17, 15) is 19.5 Å². The Labute approximate surface area is 205 Å². The standard InChI is InChI=1S/C29H34N2O4/c1-16-7-6-9-22-27(34)18(3)17(2)26-24(14-19-15-30-23-10-5-4-8-21(19)23)31-28(35)29(22,26)25(33)12-11-20(32)13-16/h4-6,8-10,15-16,22,24,26-27,30,34H,7,11-14H2,1-3H3,(H,31,35)/b9-6+/t16-,22-,24-,26-,27+,29+/m0/s1. The highest BCUT2D eigenvalue weighted by atomic mass is 16.3. The van der Waals surface area contributed by atoms with Crippen LogP contribution in [-0.4, -0.2) is 39.7 Å². The van der Waals surface area contributed by atoms with Gasteiger partial charge in [-0.05, 0) is 49.8 Å². The summed E-state index contributed by atoms with van der Waals surface area (Å²) in [6.45, 7) is 5.87. The summed E-state index contributed by atoms with van der Waals surface area (Å²) in [6, 6.07) is 7.76. The van der Waals surface area contributed by atoms with E-state index in [1.165, 1.54) is 0 Å². The van der Waals surface area contributed by atoms with Crippen LogP contribution in [0.25, 0.3) is 10.9 Å². The number of amides is 1. The van der Waals surface area contributed by atoms with Gasteiger partial charge in [-0.1, -0.05) is 42.8 Å². The number of hydrogen-bond acceptors (Lipinski definition) is 4. The number of aromatic amines is 1. The van der Waals surface area contributed by atoms with Crippen LogP contribution in [0.3, 0.4) is 0 Å². The Morgan fingerprint density at radius 1 is 1.09 bits per heavy atom. The molecule has 2 aliphatic carbocycles. The summed E-state index contributed by atoms with van der Waals surface area (Å²) in [5.74, 6) is -1.38. The van der Waals surface area contributed by atoms with E-state index < -0.39 is 17.4 Å². The number of carbonyl (C=O) groups excluding carboxylic acids is 3. The molecule has 3 aliphatic rings. The molecule has 6 atom stereocenters. The van der Waals surface area contributed by atoms with Gasteiger partial charge in [0.05, 0.1) is 6.10 Å². The first-order chi connectivity index (χ1) is 16.7. The number of H-pyrrole nitrogens is 1. The van der Waals surface area contributed by atoms with Gasteiger partial charge in [-0.25, -0.2) is 0 Å². The van der Waals surface area contributed by atoms with E-state index in [1.54, 1.807) is 0 Å². The van der Waals surface area contributed by atoms with Gasteiger partial charge in [-0.2, -0.15) is 0 Å². The van der Waals surface area contributed by atoms with Crippen molar-refractivity contribution in [3.63, 3.8) is 0 Å². The number of nitrogens with one attached hydrogen (secondary N) is 2. The lowest BCUT2D eigenvalue weighted by Gasteiger charge is -2.46. The second kappa shape index (κ2) is 8.90. The lowest BCUT2D eigenvalue weighted by molar-refractivity contribution is -0.148. The van der Waals surface area contributed by atoms with E-state index in [4.69, 9.17) is 0 Å². The molecule has 2 aromatic rings. The average Bonchev–Trinajstić information content (AvgIpc) is 3.36. The molecule has 184 valence electrons. The van der Waals surface area contributed by atoms with Gasteiger partial charge in [0.15, 0.2) is 0 Å². The molecule has 1 aliphatic heterocycles. The number of ketones is 2. The minimum atomic E-state index is -1.41. The largest absolute Gasteiger partial charge is 0.388 e. The molecule has 1 saturated heterocycles. The highest BCUT2D eigenvalue weighted by Gasteiger charge is 2.66. The van der Waals surface area contributed by atoms with Gasteiger partial charge in [-0.15, -0.1) is 0 Å². The minimum Gasteiger partial charge on any atom is -0.388 e. The van der Waals surface area contributed by atoms with Crippen molar-refractivity contribution in [1.29, 1.82) is 0 Å². The molecule has 6 heteroatoms. The number of hydrogen-bond donors (Lipinski definition) is 3. The lowest BCUT2D eigenvalue weighted by Crippen LogP contribution is -2.55. The van der Waals surface area contributed by atoms with Crippen LogP contribution in [0.4, 0.5) is 0 Å². The molecule has 0 unspecified atom stereocenters. The van der Waals surface area contributed by atoms with E-state index in [-0.39, 0.29) is 48.2 Å². The minimum absolute atomic E-state index is 0.0265. The Balaban J connectivity index is 1.62. The number of aliphatic hydroxyl groups is 1. The van der Waals surface area contributed by atoms with Crippen LogP contribution < -0.4 is 5.32 Å². The van der Waals surface area contributed by atoms with Crippen molar-refractivity contribution in [1.82, 2.24) is 10.3 Å². The van der Waals surface area contributed by atoms with Crippen molar-refractivity contribution in [2.45, 2.75) is 65.0 Å². The zero-order valence-electron chi connectivity index (χ0n) is 20.6. The Morgan fingerprint density at radius 2 is 1.86 bits per heavy atom. The van der Waals surface area contributed by atoms with Crippen LogP contribution >= 0.6 is 0 Å². The highest BCUT2D eigenvalue weighted by molar-refractivity contribution is 6.10. The number of para-hydroxylation sites is 1. The third-order valence-electron chi connectivity index (χ3n) is 8.65. The molecule has 1 fully saturated rings. The third-order valence-corrected chi connectivity index (χ3v) is 8.65. The monoisotopic (exact) mass is 474 g/mol. The van der Waals surface area contributed by atoms with E-state index in [0.29, 0.717) is 19.3 Å². The molecule has 1 aromatic carbocycles. The summed E-state index contributed by atoms with van der Waals surface area (Å²) in [7, 11) is 0. The maximum Gasteiger partial charge on any atom is 0.235 e. The summed E-state index contributed by atoms with van der Waals surface area (Å²) in [5, 5.41) is 15.6. The number of carbonyl (C=O) groups is 3. The Morgan fingerprint density at radius 3 is 2.66 bits per heavy atom. The molecule has 3 N–H and O–H groups in total. The fraction of sp³-hybridized carbons (Fsp3) is 0.483. The lowest BCUT2D eigenvalue weighted by atomic mass is 9.54. The molecule has 35 heavy (non-hydrogen) atoms. The van der Waals surface area contributed by atoms with Gasteiger partial charge >= 0.3 is 0 Å². The maximum absolute atomic E-state index is 14.0. The first kappa shape index (κ1) is 23.7. The summed E-state index contributed by atoms with van der Waals surface area (Å²) in [5.41, 5.74) is 2.42. The molecular formula is C29H34N2O4. The Kier molecular flexibility index (Phi) is 6.04. The second-order valence-corrected chi connectivity index (χ2v) is 10.8. The van der Waals surface area contributed by atoms with Gasteiger partial charge in [0, 0.05) is 54.2 Å². The normalized spacial score (nSPS) is 34.9. The first-order valence-electron chi connectivity index (χ1n) is 12.7. The van der Waals surface area contributed by atoms with Gasteiger partial charge in [0.2, 0.25) is 5.91 Å². The number of aliphatic hydroxyl groups excluding tert-OH is 1. The number of aromatic nitrogens is 1. The van der Waals surface area contributed by atoms with Gasteiger partial charge in [-0.3, -0.25) is 14.4 Å². The Bertz CT molecular complexity index is 1250. The van der Waals surface area contributed by atoms with Crippen LogP contribution in [-0.2, 0) is 20.8 Å². The molecule has 1 amide bonds. The number of allylic oxidation sites excluding steroid dienone is 1. The average molecular weight is 475 g/mol. The van der Waals surface area contributed by atoms with E-state index >= 15 is 0 Å². The number of fused-ring (bicyclic) bond motifs is 1. The smallest absolute Gasteiger partial charge is 0.235 e. The molecule has 0 radical (unpaired) electrons. The Hall–Kier alpha value is -2.99. The molecule has 1 aromatic heterocycles. The van der Waals surface area contributed by atoms with Crippen LogP contribution in [0, 0.1) is 23.2 Å². The first-order valence-corrected chi connectivity index (χ1v) is 12.7. The van der Waals surface area contributed by atoms with Crippen molar-refractivity contribution >= 4 is 28.4 Å². The van der Waals surface area contributed by atoms with Crippen molar-refractivity contribution in [3.8, 4) is 0 Å². The summed E-state index contributed by atoms with van der Waals surface area (Å²) in [4.78, 5) is 43.7. The fourth-order valence-corrected chi connectivity index (χ4v) is 6.77. The second-order valence-electron chi connectivity index (χ2n) is 10.8. The van der Waals surface area contributed by atoms with Crippen LogP contribution in [0.2, 0.25) is 0 Å². The number of rotatable bonds is 2. The summed E-state index contributed by atoms with van der Waals surface area (Å²) in [6.07, 6.45) is 6.73. The van der Waals surface area contributed by atoms with Crippen molar-refractivity contribution in [3.05, 3.63) is 59.3 Å². The third kappa shape index (κ3) is 3.70. The van der Waals surface area contributed by atoms with E-state index in [1.807, 2.05) is 57.3 Å². The van der Waals surface area contributed by atoms with Crippen LogP contribution in [0.15, 0.2) is 53.8 Å². The van der Waals surface area contributed by atoms with Crippen molar-refractivity contribution in [2.75, 3.05) is 0 Å². The van der Waals surface area contributed by atoms with E-state index in [2.05, 4.69) is 16.4 Å². The molecule has 6 nitrogen and oxygen atoms in total. The van der Waals surface area contributed by atoms with Gasteiger partial charge in [0.25, 0.3) is 0 Å². The van der Waals surface area contributed by atoms with Crippen LogP contribution in [0.5, 0.6) is 0 Å². The van der Waals surface area contributed by atoms with E-state index in [0.717, 1.165) is 27.6 Å². The molecule has 5 rings (SSSR count). The zero-order chi connectivity index (χ0) is 24.9. The molecule has 2 heterocycles. The zero-order valence-corrected chi connectivity index (χ0v) is 20.6. The fourth-order valence-electron chi connectivity index (χ4n) is 6.77. The maximum atomic E-state index is 14.0. The summed E-state index contributed by atoms with van der Waals surface area (Å²) < 4.78 is 0. The molecule has 1 spiro atoms. The number of benzene rings is 1. The molecular weight excluding hydrogens is 440 g/mol. The molecule has 0 saturated carbocycles. The summed E-state index contributed by atoms with van der Waals surface area (Å²) >= 11 is 0. The number of Topliss-reactive ketones (excluding diaryl/α,β-unsaturated/α-hetero) is 2. The predicted octanol–water partition coefficient (Wildman–Crippen LogP) is 4.04. The quantitative estimate of drug-likeness (QED) is 0.452.